The van der Waals surface area contributed by atoms with E-state index in [0.717, 1.165) is 12.8 Å². The molecule has 1 aliphatic heterocycles. The smallest absolute Gasteiger partial charge is 0.307 e. The fourth-order valence-corrected chi connectivity index (χ4v) is 3.99. The maximum atomic E-state index is 12.1. The van der Waals surface area contributed by atoms with Gasteiger partial charge in [-0.1, -0.05) is 20.3 Å². The highest BCUT2D eigenvalue weighted by molar-refractivity contribution is 5.71. The van der Waals surface area contributed by atoms with Crippen LogP contribution in [-0.4, -0.2) is 36.1 Å². The van der Waals surface area contributed by atoms with Gasteiger partial charge in [0, 0.05) is 5.54 Å². The summed E-state index contributed by atoms with van der Waals surface area (Å²) < 4.78 is 5.26. The van der Waals surface area contributed by atoms with Crippen molar-refractivity contribution in [2.75, 3.05) is 19.7 Å². The lowest BCUT2D eigenvalue weighted by atomic mass is 9.81. The molecule has 0 aromatic carbocycles. The van der Waals surface area contributed by atoms with Crippen molar-refractivity contribution in [1.29, 1.82) is 0 Å². The Kier molecular flexibility index (Phi) is 5.11. The normalized spacial score (nSPS) is 30.9. The number of esters is 1. The molecule has 2 rings (SSSR count). The zero-order chi connectivity index (χ0) is 14.6. The Labute approximate surface area is 124 Å². The van der Waals surface area contributed by atoms with Crippen LogP contribution in [0.15, 0.2) is 0 Å². The Morgan fingerprint density at radius 3 is 2.40 bits per heavy atom. The van der Waals surface area contributed by atoms with Gasteiger partial charge < -0.3 is 4.74 Å². The minimum atomic E-state index is -0.000828. The molecule has 116 valence electrons. The van der Waals surface area contributed by atoms with E-state index in [9.17, 15) is 4.79 Å². The first-order valence-corrected chi connectivity index (χ1v) is 8.38. The second kappa shape index (κ2) is 6.46. The van der Waals surface area contributed by atoms with Crippen LogP contribution in [0.1, 0.15) is 72.1 Å². The highest BCUT2D eigenvalue weighted by Gasteiger charge is 2.42. The summed E-state index contributed by atoms with van der Waals surface area (Å²) in [7, 11) is 0. The molecular formula is C17H31NO2. The average molecular weight is 281 g/mol. The van der Waals surface area contributed by atoms with Crippen LogP contribution in [0, 0.1) is 5.41 Å². The van der Waals surface area contributed by atoms with E-state index in [1.165, 1.54) is 45.2 Å². The van der Waals surface area contributed by atoms with Gasteiger partial charge >= 0.3 is 5.97 Å². The molecule has 1 atom stereocenters. The molecule has 0 bridgehead atoms. The Balaban J connectivity index is 2.12. The van der Waals surface area contributed by atoms with E-state index >= 15 is 0 Å². The third kappa shape index (κ3) is 3.75. The van der Waals surface area contributed by atoms with E-state index in [1.54, 1.807) is 0 Å². The summed E-state index contributed by atoms with van der Waals surface area (Å²) in [6.07, 6.45) is 9.23. The number of nitrogens with zero attached hydrogens (tertiary/aromatic N) is 1. The van der Waals surface area contributed by atoms with Crippen LogP contribution in [0.4, 0.5) is 0 Å². The number of ether oxygens (including phenoxy) is 1. The topological polar surface area (TPSA) is 29.5 Å². The molecule has 1 aliphatic carbocycles. The van der Waals surface area contributed by atoms with E-state index in [2.05, 4.69) is 18.7 Å². The summed E-state index contributed by atoms with van der Waals surface area (Å²) in [6.45, 7) is 9.48. The lowest BCUT2D eigenvalue weighted by Gasteiger charge is -2.41. The minimum absolute atomic E-state index is 0.000828. The van der Waals surface area contributed by atoms with Crippen LogP contribution in [-0.2, 0) is 9.53 Å². The van der Waals surface area contributed by atoms with Crippen molar-refractivity contribution in [1.82, 2.24) is 4.90 Å². The number of carbonyl (C=O) groups is 1. The fraction of sp³-hybridized carbons (Fsp3) is 0.941. The van der Waals surface area contributed by atoms with E-state index in [4.69, 9.17) is 4.74 Å². The molecule has 1 saturated carbocycles. The van der Waals surface area contributed by atoms with Gasteiger partial charge in [-0.3, -0.25) is 9.69 Å². The molecular weight excluding hydrogens is 250 g/mol. The van der Waals surface area contributed by atoms with Crippen molar-refractivity contribution in [3.8, 4) is 0 Å². The summed E-state index contributed by atoms with van der Waals surface area (Å²) in [4.78, 5) is 14.7. The van der Waals surface area contributed by atoms with Crippen molar-refractivity contribution >= 4 is 5.97 Å². The molecule has 3 nitrogen and oxygen atoms in total. The van der Waals surface area contributed by atoms with Gasteiger partial charge in [-0.25, -0.2) is 0 Å². The first-order chi connectivity index (χ1) is 9.47. The van der Waals surface area contributed by atoms with Gasteiger partial charge in [-0.2, -0.15) is 0 Å². The van der Waals surface area contributed by atoms with Crippen LogP contribution in [0.3, 0.4) is 0 Å². The predicted octanol–water partition coefficient (Wildman–Crippen LogP) is 3.76. The number of carbonyl (C=O) groups excluding carboxylic acids is 1. The van der Waals surface area contributed by atoms with Crippen molar-refractivity contribution < 1.29 is 9.53 Å². The molecule has 0 aromatic rings. The zero-order valence-corrected chi connectivity index (χ0v) is 13.5. The average Bonchev–Trinajstić information content (AvgIpc) is 2.85. The SMILES string of the molecule is CCOC(=O)CC1(N2CCCC2)CCCC(C)(C)CC1. The molecule has 2 fully saturated rings. The fourth-order valence-electron chi connectivity index (χ4n) is 3.99. The van der Waals surface area contributed by atoms with Gasteiger partial charge in [-0.05, 0) is 64.0 Å². The number of hydrogen-bond donors (Lipinski definition) is 0. The van der Waals surface area contributed by atoms with Crippen molar-refractivity contribution in [3.05, 3.63) is 0 Å². The highest BCUT2D eigenvalue weighted by Crippen LogP contribution is 2.43. The second-order valence-corrected chi connectivity index (χ2v) is 7.42. The van der Waals surface area contributed by atoms with Crippen LogP contribution in [0.2, 0.25) is 0 Å². The molecule has 1 heterocycles. The second-order valence-electron chi connectivity index (χ2n) is 7.42. The Morgan fingerprint density at radius 1 is 1.05 bits per heavy atom. The van der Waals surface area contributed by atoms with Crippen molar-refractivity contribution in [2.45, 2.75) is 77.7 Å². The first kappa shape index (κ1) is 15.8. The maximum absolute atomic E-state index is 12.1. The Hall–Kier alpha value is -0.570. The summed E-state index contributed by atoms with van der Waals surface area (Å²) in [5, 5.41) is 0. The molecule has 20 heavy (non-hydrogen) atoms. The summed E-state index contributed by atoms with van der Waals surface area (Å²) in [5.74, 6) is -0.000828. The van der Waals surface area contributed by atoms with Gasteiger partial charge in [0.25, 0.3) is 0 Å². The number of rotatable bonds is 4. The molecule has 0 aromatic heterocycles. The minimum Gasteiger partial charge on any atom is -0.466 e. The van der Waals surface area contributed by atoms with Crippen molar-refractivity contribution in [2.24, 2.45) is 5.41 Å². The summed E-state index contributed by atoms with van der Waals surface area (Å²) >= 11 is 0. The zero-order valence-electron chi connectivity index (χ0n) is 13.5. The lowest BCUT2D eigenvalue weighted by molar-refractivity contribution is -0.147. The molecule has 0 spiro atoms. The van der Waals surface area contributed by atoms with Crippen LogP contribution in [0.25, 0.3) is 0 Å². The maximum Gasteiger partial charge on any atom is 0.307 e. The van der Waals surface area contributed by atoms with E-state index < -0.39 is 0 Å². The van der Waals surface area contributed by atoms with Gasteiger partial charge in [-0.15, -0.1) is 0 Å². The molecule has 0 N–H and O–H groups in total. The number of hydrogen-bond acceptors (Lipinski definition) is 3. The molecule has 1 unspecified atom stereocenters. The molecule has 1 saturated heterocycles. The Bertz CT molecular complexity index is 334. The molecule has 2 aliphatic rings. The first-order valence-electron chi connectivity index (χ1n) is 8.38. The van der Waals surface area contributed by atoms with Crippen molar-refractivity contribution in [3.63, 3.8) is 0 Å². The third-order valence-corrected chi connectivity index (χ3v) is 5.32. The van der Waals surface area contributed by atoms with E-state index in [1.807, 2.05) is 6.92 Å². The standard InChI is InChI=1S/C17H31NO2/c1-4-20-15(19)14-17(18-12-5-6-13-18)9-7-8-16(2,3)10-11-17/h4-14H2,1-3H3. The third-order valence-electron chi connectivity index (χ3n) is 5.32. The summed E-state index contributed by atoms with van der Waals surface area (Å²) in [6, 6.07) is 0. The van der Waals surface area contributed by atoms with Crippen LogP contribution >= 0.6 is 0 Å². The summed E-state index contributed by atoms with van der Waals surface area (Å²) in [5.41, 5.74) is 0.507. The van der Waals surface area contributed by atoms with Gasteiger partial charge in [0.1, 0.15) is 0 Å². The monoisotopic (exact) mass is 281 g/mol. The number of likely N-dealkylation sites (tertiary alicyclic amines) is 1. The van der Waals surface area contributed by atoms with Crippen LogP contribution < -0.4 is 0 Å². The van der Waals surface area contributed by atoms with Gasteiger partial charge in [0.2, 0.25) is 0 Å². The largest absolute Gasteiger partial charge is 0.466 e. The highest BCUT2D eigenvalue weighted by atomic mass is 16.5. The quantitative estimate of drug-likeness (QED) is 0.580. The Morgan fingerprint density at radius 2 is 1.75 bits per heavy atom. The van der Waals surface area contributed by atoms with Gasteiger partial charge in [0.05, 0.1) is 13.0 Å². The van der Waals surface area contributed by atoms with Gasteiger partial charge in [0.15, 0.2) is 0 Å². The lowest BCUT2D eigenvalue weighted by Crippen LogP contribution is -2.48. The van der Waals surface area contributed by atoms with E-state index in [0.29, 0.717) is 18.4 Å². The molecule has 0 amide bonds. The predicted molar refractivity (Wildman–Crippen MR) is 81.7 cm³/mol. The molecule has 3 heteroatoms. The van der Waals surface area contributed by atoms with Crippen LogP contribution in [0.5, 0.6) is 0 Å². The molecule has 0 radical (unpaired) electrons. The van der Waals surface area contributed by atoms with E-state index in [-0.39, 0.29) is 11.5 Å².